The molecule has 0 aliphatic rings. The van der Waals surface area contributed by atoms with E-state index >= 15 is 0 Å². The molecule has 0 atom stereocenters. The smallest absolute Gasteiger partial charge is 0.373 e. The van der Waals surface area contributed by atoms with Crippen molar-refractivity contribution in [2.45, 2.75) is 18.9 Å². The van der Waals surface area contributed by atoms with Crippen LogP contribution < -0.4 is 16.0 Å². The van der Waals surface area contributed by atoms with Crippen molar-refractivity contribution >= 4 is 45.8 Å². The molecule has 3 N–H and O–H groups in total. The predicted octanol–water partition coefficient (Wildman–Crippen LogP) is 6.44. The maximum atomic E-state index is 13.2. The summed E-state index contributed by atoms with van der Waals surface area (Å²) in [6, 6.07) is 13.1. The molecule has 7 nitrogen and oxygen atoms in total. The van der Waals surface area contributed by atoms with Gasteiger partial charge in [-0.15, -0.1) is 0 Å². The van der Waals surface area contributed by atoms with Crippen molar-refractivity contribution in [2.24, 2.45) is 0 Å². The van der Waals surface area contributed by atoms with E-state index in [1.54, 1.807) is 18.4 Å². The summed E-state index contributed by atoms with van der Waals surface area (Å²) in [6.45, 7) is -0.492. The molecule has 0 aliphatic carbocycles. The first kappa shape index (κ1) is 28.6. The summed E-state index contributed by atoms with van der Waals surface area (Å²) in [6.07, 6.45) is -9.61. The quantitative estimate of drug-likeness (QED) is 0.228. The lowest BCUT2D eigenvalue weighted by Gasteiger charge is -2.13. The van der Waals surface area contributed by atoms with Gasteiger partial charge in [0.1, 0.15) is 5.82 Å². The summed E-state index contributed by atoms with van der Waals surface area (Å²) in [5, 5.41) is 7.74. The molecule has 0 aliphatic heterocycles. The maximum absolute atomic E-state index is 13.2. The maximum Gasteiger partial charge on any atom is 0.471 e. The second-order valence-electron chi connectivity index (χ2n) is 8.41. The van der Waals surface area contributed by atoms with Gasteiger partial charge in [-0.3, -0.25) is 9.59 Å². The number of fused-ring (bicyclic) bond motifs is 1. The van der Waals surface area contributed by atoms with Crippen LogP contribution in [0.5, 0.6) is 0 Å². The highest BCUT2D eigenvalue weighted by atomic mass is 35.5. The molecule has 3 aromatic carbocycles. The van der Waals surface area contributed by atoms with Crippen molar-refractivity contribution < 1.29 is 35.9 Å². The third kappa shape index (κ3) is 6.42. The van der Waals surface area contributed by atoms with Crippen LogP contribution in [-0.4, -0.2) is 35.0 Å². The molecular weight excluding hydrogens is 564 g/mol. The summed E-state index contributed by atoms with van der Waals surface area (Å²) >= 11 is 6.12. The molecule has 0 bridgehead atoms. The average molecular weight is 582 g/mol. The fourth-order valence-corrected chi connectivity index (χ4v) is 3.90. The van der Waals surface area contributed by atoms with Crippen LogP contribution in [-0.2, 0) is 17.5 Å². The lowest BCUT2D eigenvalue weighted by molar-refractivity contribution is -0.173. The number of rotatable bonds is 6. The highest BCUT2D eigenvalue weighted by Gasteiger charge is 2.38. The summed E-state index contributed by atoms with van der Waals surface area (Å²) in [5.41, 5.74) is -0.0485. The third-order valence-electron chi connectivity index (χ3n) is 5.63. The highest BCUT2D eigenvalue weighted by molar-refractivity contribution is 6.34. The molecule has 0 saturated heterocycles. The van der Waals surface area contributed by atoms with E-state index in [0.29, 0.717) is 16.7 Å². The van der Waals surface area contributed by atoms with Crippen LogP contribution in [0.1, 0.15) is 21.5 Å². The fourth-order valence-electron chi connectivity index (χ4n) is 3.70. The van der Waals surface area contributed by atoms with Crippen LogP contribution in [0.15, 0.2) is 60.7 Å². The Labute approximate surface area is 227 Å². The molecule has 4 rings (SSSR count). The zero-order valence-corrected chi connectivity index (χ0v) is 21.1. The first-order valence-electron chi connectivity index (χ1n) is 11.4. The van der Waals surface area contributed by atoms with Crippen molar-refractivity contribution in [1.29, 1.82) is 0 Å². The molecule has 1 heterocycles. The molecule has 0 saturated carbocycles. The van der Waals surface area contributed by atoms with Gasteiger partial charge in [-0.25, -0.2) is 9.97 Å². The number of benzene rings is 3. The van der Waals surface area contributed by atoms with Crippen LogP contribution >= 0.6 is 11.6 Å². The van der Waals surface area contributed by atoms with Crippen molar-refractivity contribution in [3.8, 4) is 11.4 Å². The number of nitrogens with one attached hydrogen (secondary N) is 3. The minimum absolute atomic E-state index is 0.0100. The largest absolute Gasteiger partial charge is 0.471 e. The number of carbonyl (C=O) groups excluding carboxylic acids is 2. The highest BCUT2D eigenvalue weighted by Crippen LogP contribution is 2.33. The van der Waals surface area contributed by atoms with Crippen LogP contribution in [0.2, 0.25) is 5.02 Å². The van der Waals surface area contributed by atoms with E-state index in [4.69, 9.17) is 11.6 Å². The first-order valence-corrected chi connectivity index (χ1v) is 11.8. The van der Waals surface area contributed by atoms with Gasteiger partial charge in [0.15, 0.2) is 5.82 Å². The second kappa shape index (κ2) is 11.0. The lowest BCUT2D eigenvalue weighted by Crippen LogP contribution is -2.36. The Kier molecular flexibility index (Phi) is 7.87. The molecule has 2 amide bonds. The van der Waals surface area contributed by atoms with Crippen LogP contribution in [0.25, 0.3) is 22.3 Å². The van der Waals surface area contributed by atoms with E-state index in [9.17, 15) is 35.9 Å². The molecule has 40 heavy (non-hydrogen) atoms. The number of amides is 2. The van der Waals surface area contributed by atoms with Crippen LogP contribution in [0.4, 0.5) is 37.8 Å². The molecule has 0 spiro atoms. The molecule has 0 unspecified atom stereocenters. The number of carbonyl (C=O) groups is 2. The Morgan fingerprint density at radius 2 is 1.68 bits per heavy atom. The van der Waals surface area contributed by atoms with Gasteiger partial charge in [-0.2, -0.15) is 26.3 Å². The van der Waals surface area contributed by atoms with Gasteiger partial charge in [0.2, 0.25) is 0 Å². The molecule has 14 heteroatoms. The summed E-state index contributed by atoms with van der Waals surface area (Å²) in [5.74, 6) is -2.47. The lowest BCUT2D eigenvalue weighted by atomic mass is 10.1. The topological polar surface area (TPSA) is 96.0 Å². The monoisotopic (exact) mass is 581 g/mol. The van der Waals surface area contributed by atoms with Gasteiger partial charge in [0, 0.05) is 30.2 Å². The molecule has 208 valence electrons. The SMILES string of the molecule is CNc1nc(-c2cccc(C(F)(F)F)c2)nc2cc(NC(=O)c3cc(CNC(=O)C(F)(F)F)ccc3Cl)ccc12. The molecule has 0 fully saturated rings. The van der Waals surface area contributed by atoms with E-state index in [1.165, 1.54) is 42.5 Å². The minimum atomic E-state index is -5.06. The minimum Gasteiger partial charge on any atom is -0.373 e. The number of halogens is 7. The summed E-state index contributed by atoms with van der Waals surface area (Å²) in [4.78, 5) is 32.7. The molecule has 4 aromatic rings. The van der Waals surface area contributed by atoms with Crippen LogP contribution in [0, 0.1) is 0 Å². The zero-order valence-electron chi connectivity index (χ0n) is 20.3. The fraction of sp³-hybridized carbons (Fsp3) is 0.154. The van der Waals surface area contributed by atoms with Gasteiger partial charge in [-0.1, -0.05) is 29.8 Å². The van der Waals surface area contributed by atoms with E-state index in [1.807, 2.05) is 0 Å². The Morgan fingerprint density at radius 3 is 2.35 bits per heavy atom. The van der Waals surface area contributed by atoms with Gasteiger partial charge in [0.05, 0.1) is 21.7 Å². The van der Waals surface area contributed by atoms with Crippen molar-refractivity contribution in [3.63, 3.8) is 0 Å². The average Bonchev–Trinajstić information content (AvgIpc) is 2.90. The van der Waals surface area contributed by atoms with Crippen molar-refractivity contribution in [1.82, 2.24) is 15.3 Å². The number of nitrogens with zero attached hydrogens (tertiary/aromatic N) is 2. The van der Waals surface area contributed by atoms with Gasteiger partial charge in [-0.05, 0) is 48.0 Å². The molecule has 1 aromatic heterocycles. The number of hydrogen-bond acceptors (Lipinski definition) is 5. The summed E-state index contributed by atoms with van der Waals surface area (Å²) < 4.78 is 77.0. The van der Waals surface area contributed by atoms with Crippen molar-refractivity contribution in [3.05, 3.63) is 82.4 Å². The Bertz CT molecular complexity index is 1610. The zero-order chi connectivity index (χ0) is 29.2. The number of alkyl halides is 6. The molecular formula is C26H18ClF6N5O2. The van der Waals surface area contributed by atoms with E-state index in [2.05, 4.69) is 20.6 Å². The number of aromatic nitrogens is 2. The third-order valence-corrected chi connectivity index (χ3v) is 5.96. The predicted molar refractivity (Wildman–Crippen MR) is 137 cm³/mol. The van der Waals surface area contributed by atoms with E-state index < -0.39 is 36.3 Å². The first-order chi connectivity index (χ1) is 18.8. The Hall–Kier alpha value is -4.39. The van der Waals surface area contributed by atoms with Crippen LogP contribution in [0.3, 0.4) is 0 Å². The van der Waals surface area contributed by atoms with E-state index in [0.717, 1.165) is 12.1 Å². The van der Waals surface area contributed by atoms with Gasteiger partial charge in [0.25, 0.3) is 5.91 Å². The molecule has 0 radical (unpaired) electrons. The number of anilines is 2. The Morgan fingerprint density at radius 1 is 0.925 bits per heavy atom. The van der Waals surface area contributed by atoms with Gasteiger partial charge >= 0.3 is 18.3 Å². The second-order valence-corrected chi connectivity index (χ2v) is 8.81. The normalized spacial score (nSPS) is 11.8. The Balaban J connectivity index is 1.62. The van der Waals surface area contributed by atoms with Gasteiger partial charge < -0.3 is 16.0 Å². The summed E-state index contributed by atoms with van der Waals surface area (Å²) in [7, 11) is 1.58. The number of hydrogen-bond donors (Lipinski definition) is 3. The van der Waals surface area contributed by atoms with Crippen molar-refractivity contribution in [2.75, 3.05) is 17.7 Å². The standard InChI is InChI=1S/C26H18ClF6N5O2/c1-34-22-17-7-6-16(11-20(17)37-21(38-22)14-3-2-4-15(10-14)25(28,29)30)36-23(39)18-9-13(5-8-19(18)27)12-35-24(40)26(31,32)33/h2-11H,12H2,1H3,(H,35,40)(H,36,39)(H,34,37,38). The van der Waals surface area contributed by atoms with E-state index in [-0.39, 0.29) is 33.2 Å².